The first-order valence-electron chi connectivity index (χ1n) is 13.2. The number of halogens is 1. The van der Waals surface area contributed by atoms with Crippen molar-refractivity contribution in [2.45, 2.75) is 57.2 Å². The summed E-state index contributed by atoms with van der Waals surface area (Å²) in [6.45, 7) is 5.81. The first kappa shape index (κ1) is 23.2. The number of nitrogens with zero attached hydrogens (tertiary/aromatic N) is 9. The molecule has 0 spiro atoms. The molecule has 2 fully saturated rings. The Morgan fingerprint density at radius 3 is 2.74 bits per heavy atom. The molecular formula is C27H28FN9O. The summed E-state index contributed by atoms with van der Waals surface area (Å²) in [6.07, 6.45) is 6.54. The van der Waals surface area contributed by atoms with Crippen LogP contribution in [0.25, 0.3) is 16.8 Å². The molecule has 1 aliphatic carbocycles. The van der Waals surface area contributed by atoms with E-state index in [1.54, 1.807) is 12.5 Å². The number of anilines is 1. The third-order valence-electron chi connectivity index (χ3n) is 7.77. The van der Waals surface area contributed by atoms with Gasteiger partial charge in [0.25, 0.3) is 5.78 Å². The summed E-state index contributed by atoms with van der Waals surface area (Å²) < 4.78 is 21.6. The minimum absolute atomic E-state index is 0.0923. The number of hydrogen-bond donors (Lipinski definition) is 0. The van der Waals surface area contributed by atoms with Crippen LogP contribution in [0.1, 0.15) is 62.3 Å². The van der Waals surface area contributed by atoms with Gasteiger partial charge in [0.1, 0.15) is 23.7 Å². The van der Waals surface area contributed by atoms with Crippen molar-refractivity contribution in [3.05, 3.63) is 72.0 Å². The van der Waals surface area contributed by atoms with Crippen LogP contribution in [0.15, 0.2) is 53.4 Å². The molecule has 2 aliphatic rings. The van der Waals surface area contributed by atoms with Gasteiger partial charge >= 0.3 is 0 Å². The summed E-state index contributed by atoms with van der Waals surface area (Å²) in [5.41, 5.74) is 2.67. The topological polar surface area (TPSA) is 101 Å². The highest BCUT2D eigenvalue weighted by Crippen LogP contribution is 2.40. The normalized spacial score (nSPS) is 21.4. The molecule has 194 valence electrons. The predicted molar refractivity (Wildman–Crippen MR) is 138 cm³/mol. The molecule has 1 aliphatic heterocycles. The maximum absolute atomic E-state index is 13.9. The second-order valence-corrected chi connectivity index (χ2v) is 10.3. The van der Waals surface area contributed by atoms with Crippen molar-refractivity contribution >= 4 is 22.6 Å². The van der Waals surface area contributed by atoms with Gasteiger partial charge in [0, 0.05) is 37.3 Å². The Balaban J connectivity index is 1.28. The minimum Gasteiger partial charge on any atom is -0.349 e. The molecule has 0 radical (unpaired) electrons. The average molecular weight is 514 g/mol. The van der Waals surface area contributed by atoms with Gasteiger partial charge in [0.05, 0.1) is 5.52 Å². The maximum atomic E-state index is 13.9. The lowest BCUT2D eigenvalue weighted by Crippen LogP contribution is -2.58. The zero-order valence-electron chi connectivity index (χ0n) is 21.3. The molecule has 1 saturated carbocycles. The molecular weight excluding hydrogens is 485 g/mol. The highest BCUT2D eigenvalue weighted by atomic mass is 19.1. The third kappa shape index (κ3) is 3.89. The summed E-state index contributed by atoms with van der Waals surface area (Å²) >= 11 is 0. The largest absolute Gasteiger partial charge is 0.349 e. The van der Waals surface area contributed by atoms with Crippen molar-refractivity contribution in [2.24, 2.45) is 0 Å². The fourth-order valence-electron chi connectivity index (χ4n) is 5.61. The highest BCUT2D eigenvalue weighted by molar-refractivity contribution is 5.88. The van der Waals surface area contributed by atoms with Crippen molar-refractivity contribution in [3.8, 4) is 0 Å². The molecule has 0 N–H and O–H groups in total. The van der Waals surface area contributed by atoms with E-state index in [2.05, 4.69) is 39.0 Å². The lowest BCUT2D eigenvalue weighted by atomic mass is 9.97. The molecule has 4 aromatic heterocycles. The van der Waals surface area contributed by atoms with E-state index in [1.807, 2.05) is 28.7 Å². The van der Waals surface area contributed by atoms with Crippen molar-refractivity contribution in [2.75, 3.05) is 18.0 Å². The van der Waals surface area contributed by atoms with Gasteiger partial charge < -0.3 is 9.42 Å². The summed E-state index contributed by atoms with van der Waals surface area (Å²) in [4.78, 5) is 19.1. The lowest BCUT2D eigenvalue weighted by Gasteiger charge is -2.48. The molecule has 10 nitrogen and oxygen atoms in total. The number of pyridine rings is 1. The molecule has 3 atom stereocenters. The van der Waals surface area contributed by atoms with Crippen LogP contribution in [0.3, 0.4) is 0 Å². The molecule has 11 heteroatoms. The number of aromatic nitrogens is 7. The number of hydrogen-bond acceptors (Lipinski definition) is 9. The SMILES string of the molecule is CC[C@@H]1CN(c2nc3nncn3c3cccnc23)[C@@H](C)CN1C(c1ccc(F)cc1)c1nc(C2CC2)no1. The third-order valence-corrected chi connectivity index (χ3v) is 7.77. The van der Waals surface area contributed by atoms with Gasteiger partial charge in [0.2, 0.25) is 5.89 Å². The van der Waals surface area contributed by atoms with Crippen LogP contribution >= 0.6 is 0 Å². The summed E-state index contributed by atoms with van der Waals surface area (Å²) in [6, 6.07) is 10.5. The van der Waals surface area contributed by atoms with E-state index in [4.69, 9.17) is 19.5 Å². The molecule has 38 heavy (non-hydrogen) atoms. The Bertz CT molecular complexity index is 1600. The zero-order chi connectivity index (χ0) is 25.8. The Hall–Kier alpha value is -3.99. The fourth-order valence-corrected chi connectivity index (χ4v) is 5.61. The van der Waals surface area contributed by atoms with Gasteiger partial charge in [-0.25, -0.2) is 4.39 Å². The van der Waals surface area contributed by atoms with Crippen molar-refractivity contribution < 1.29 is 8.91 Å². The fraction of sp³-hybridized carbons (Fsp3) is 0.407. The van der Waals surface area contributed by atoms with E-state index >= 15 is 0 Å². The molecule has 5 aromatic rings. The summed E-state index contributed by atoms with van der Waals surface area (Å²) in [5.74, 6) is 2.81. The average Bonchev–Trinajstić information content (AvgIpc) is 3.47. The van der Waals surface area contributed by atoms with Gasteiger partial charge in [-0.05, 0) is 56.0 Å². The quantitative estimate of drug-likeness (QED) is 0.331. The van der Waals surface area contributed by atoms with Crippen molar-refractivity contribution in [1.29, 1.82) is 0 Å². The highest BCUT2D eigenvalue weighted by Gasteiger charge is 2.40. The van der Waals surface area contributed by atoms with Crippen LogP contribution in [0.5, 0.6) is 0 Å². The standard InChI is InChI=1S/C27H28FN9O/c1-3-20-14-35(25-22-21(5-4-12-29-22)37-15-30-33-27(37)32-25)16(2)13-36(20)23(17-8-10-19(28)11-9-17)26-31-24(34-38-26)18-6-7-18/h4-5,8-12,15-16,18,20,23H,3,6-7,13-14H2,1-2H3/t16-,20+,23?/m0/s1. The minimum atomic E-state index is -0.271. The smallest absolute Gasteiger partial charge is 0.257 e. The Morgan fingerprint density at radius 2 is 1.95 bits per heavy atom. The summed E-state index contributed by atoms with van der Waals surface area (Å²) in [5, 5.41) is 12.6. The number of piperazine rings is 1. The van der Waals surface area contributed by atoms with E-state index in [1.165, 1.54) is 12.1 Å². The lowest BCUT2D eigenvalue weighted by molar-refractivity contribution is 0.0973. The van der Waals surface area contributed by atoms with Crippen LogP contribution < -0.4 is 4.90 Å². The number of fused-ring (bicyclic) bond motifs is 3. The van der Waals surface area contributed by atoms with Gasteiger partial charge in [0.15, 0.2) is 11.6 Å². The van der Waals surface area contributed by atoms with E-state index < -0.39 is 0 Å². The second-order valence-electron chi connectivity index (χ2n) is 10.3. The van der Waals surface area contributed by atoms with Gasteiger partial charge in [-0.2, -0.15) is 9.97 Å². The van der Waals surface area contributed by atoms with Crippen LogP contribution in [-0.4, -0.2) is 64.8 Å². The van der Waals surface area contributed by atoms with Crippen molar-refractivity contribution in [3.63, 3.8) is 0 Å². The first-order chi connectivity index (χ1) is 18.6. The molecule has 1 saturated heterocycles. The van der Waals surface area contributed by atoms with E-state index in [9.17, 15) is 4.39 Å². The second kappa shape index (κ2) is 9.09. The van der Waals surface area contributed by atoms with Gasteiger partial charge in [-0.1, -0.05) is 24.2 Å². The van der Waals surface area contributed by atoms with E-state index in [-0.39, 0.29) is 23.9 Å². The van der Waals surface area contributed by atoms with E-state index in [0.29, 0.717) is 17.6 Å². The number of rotatable bonds is 6. The monoisotopic (exact) mass is 513 g/mol. The molecule has 1 unspecified atom stereocenters. The van der Waals surface area contributed by atoms with Gasteiger partial charge in [-0.15, -0.1) is 10.2 Å². The summed E-state index contributed by atoms with van der Waals surface area (Å²) in [7, 11) is 0. The molecule has 5 heterocycles. The van der Waals surface area contributed by atoms with Crippen LogP contribution in [-0.2, 0) is 0 Å². The molecule has 0 amide bonds. The molecule has 7 rings (SSSR count). The predicted octanol–water partition coefficient (Wildman–Crippen LogP) is 4.15. The Labute approximate surface area is 218 Å². The van der Waals surface area contributed by atoms with Crippen LogP contribution in [0, 0.1) is 5.82 Å². The molecule has 1 aromatic carbocycles. The zero-order valence-corrected chi connectivity index (χ0v) is 21.3. The van der Waals surface area contributed by atoms with Crippen LogP contribution in [0.4, 0.5) is 10.2 Å². The van der Waals surface area contributed by atoms with Gasteiger partial charge in [-0.3, -0.25) is 14.3 Å². The number of benzene rings is 1. The molecule has 0 bridgehead atoms. The van der Waals surface area contributed by atoms with E-state index in [0.717, 1.165) is 60.6 Å². The van der Waals surface area contributed by atoms with Crippen molar-refractivity contribution in [1.82, 2.24) is 39.6 Å². The Morgan fingerprint density at radius 1 is 1.11 bits per heavy atom. The maximum Gasteiger partial charge on any atom is 0.257 e. The first-order valence-corrected chi connectivity index (χ1v) is 13.2. The van der Waals surface area contributed by atoms with Crippen LogP contribution in [0.2, 0.25) is 0 Å². The Kier molecular flexibility index (Phi) is 5.54.